The van der Waals surface area contributed by atoms with Crippen molar-refractivity contribution in [2.75, 3.05) is 0 Å². The first kappa shape index (κ1) is 20.8. The number of Topliss-reactive ketones (excluding diaryl/α,β-unsaturated/α-hetero) is 1. The minimum absolute atomic E-state index is 0.0534. The molecule has 0 fully saturated rings. The lowest BCUT2D eigenvalue weighted by Crippen LogP contribution is -2.10. The Bertz CT molecular complexity index is 1380. The SMILES string of the molecule is CC(C)(C)c1ccc(/C=C2\Oc3cc(OC(=O)c4cc5ccccc5o4)ccc3C2=O)cc1. The van der Waals surface area contributed by atoms with Gasteiger partial charge in [0.1, 0.15) is 17.1 Å². The number of furan rings is 1. The topological polar surface area (TPSA) is 65.7 Å². The molecule has 0 atom stereocenters. The van der Waals surface area contributed by atoms with Crippen LogP contribution in [0.3, 0.4) is 0 Å². The van der Waals surface area contributed by atoms with Crippen molar-refractivity contribution in [3.05, 3.63) is 101 Å². The normalized spacial score (nSPS) is 14.4. The highest BCUT2D eigenvalue weighted by molar-refractivity contribution is 6.14. The van der Waals surface area contributed by atoms with E-state index in [0.29, 0.717) is 16.9 Å². The third-order valence-electron chi connectivity index (χ3n) is 5.55. The first-order chi connectivity index (χ1) is 15.8. The molecule has 4 aromatic rings. The quantitative estimate of drug-likeness (QED) is 0.206. The number of hydrogen-bond donors (Lipinski definition) is 0. The summed E-state index contributed by atoms with van der Waals surface area (Å²) in [5.74, 6) is 0.128. The molecule has 0 saturated heterocycles. The van der Waals surface area contributed by atoms with E-state index >= 15 is 0 Å². The highest BCUT2D eigenvalue weighted by Gasteiger charge is 2.28. The third-order valence-corrected chi connectivity index (χ3v) is 5.55. The molecule has 1 aliphatic rings. The lowest BCUT2D eigenvalue weighted by Gasteiger charge is -2.18. The molecule has 2 heterocycles. The molecular formula is C28H22O5. The summed E-state index contributed by atoms with van der Waals surface area (Å²) in [7, 11) is 0. The zero-order chi connectivity index (χ0) is 23.2. The van der Waals surface area contributed by atoms with Crippen LogP contribution in [0.15, 0.2) is 83.0 Å². The maximum atomic E-state index is 12.8. The largest absolute Gasteiger partial charge is 0.452 e. The number of rotatable bonds is 3. The van der Waals surface area contributed by atoms with Gasteiger partial charge in [-0.25, -0.2) is 4.79 Å². The number of carbonyl (C=O) groups excluding carboxylic acids is 2. The molecule has 0 N–H and O–H groups in total. The van der Waals surface area contributed by atoms with Gasteiger partial charge in [0.25, 0.3) is 0 Å². The molecule has 164 valence electrons. The van der Waals surface area contributed by atoms with Crippen LogP contribution in [0.25, 0.3) is 17.0 Å². The van der Waals surface area contributed by atoms with Crippen LogP contribution in [0, 0.1) is 0 Å². The number of allylic oxidation sites excluding steroid dienone is 1. The van der Waals surface area contributed by atoms with Crippen molar-refractivity contribution < 1.29 is 23.5 Å². The number of hydrogen-bond acceptors (Lipinski definition) is 5. The molecule has 5 heteroatoms. The van der Waals surface area contributed by atoms with E-state index in [1.165, 1.54) is 11.6 Å². The summed E-state index contributed by atoms with van der Waals surface area (Å²) < 4.78 is 16.8. The van der Waals surface area contributed by atoms with Crippen molar-refractivity contribution >= 4 is 28.8 Å². The van der Waals surface area contributed by atoms with E-state index in [4.69, 9.17) is 13.9 Å². The van der Waals surface area contributed by atoms with Crippen LogP contribution in [-0.2, 0) is 5.41 Å². The fourth-order valence-electron chi connectivity index (χ4n) is 3.70. The monoisotopic (exact) mass is 438 g/mol. The Hall–Kier alpha value is -4.12. The zero-order valence-electron chi connectivity index (χ0n) is 18.5. The van der Waals surface area contributed by atoms with Crippen LogP contribution in [-0.4, -0.2) is 11.8 Å². The molecule has 1 aromatic heterocycles. The standard InChI is InChI=1S/C28H22O5/c1-28(2,3)19-10-8-17(9-11-19)14-24-26(29)21-13-12-20(16-23(21)33-24)31-27(30)25-15-18-6-4-5-7-22(18)32-25/h4-16H,1-3H3/b24-14-. The van der Waals surface area contributed by atoms with Crippen molar-refractivity contribution in [3.63, 3.8) is 0 Å². The van der Waals surface area contributed by atoms with Gasteiger partial charge in [0.15, 0.2) is 5.76 Å². The van der Waals surface area contributed by atoms with Crippen LogP contribution < -0.4 is 9.47 Å². The molecule has 0 bridgehead atoms. The second-order valence-electron chi connectivity index (χ2n) is 9.01. The predicted octanol–water partition coefficient (Wildman–Crippen LogP) is 6.57. The van der Waals surface area contributed by atoms with Gasteiger partial charge < -0.3 is 13.9 Å². The van der Waals surface area contributed by atoms with Gasteiger partial charge in [-0.05, 0) is 46.9 Å². The van der Waals surface area contributed by atoms with E-state index in [-0.39, 0.29) is 28.5 Å². The third kappa shape index (κ3) is 4.05. The van der Waals surface area contributed by atoms with E-state index in [0.717, 1.165) is 10.9 Å². The Kier molecular flexibility index (Phi) is 4.90. The van der Waals surface area contributed by atoms with Gasteiger partial charge in [-0.1, -0.05) is 63.2 Å². The summed E-state index contributed by atoms with van der Waals surface area (Å²) in [6.07, 6.45) is 1.72. The second-order valence-corrected chi connectivity index (χ2v) is 9.01. The highest BCUT2D eigenvalue weighted by Crippen LogP contribution is 2.35. The van der Waals surface area contributed by atoms with Gasteiger partial charge in [0.2, 0.25) is 11.5 Å². The van der Waals surface area contributed by atoms with Gasteiger partial charge in [-0.3, -0.25) is 4.79 Å². The summed E-state index contributed by atoms with van der Waals surface area (Å²) >= 11 is 0. The summed E-state index contributed by atoms with van der Waals surface area (Å²) in [6, 6.07) is 21.7. The van der Waals surface area contributed by atoms with Crippen molar-refractivity contribution in [2.45, 2.75) is 26.2 Å². The molecule has 0 spiro atoms. The van der Waals surface area contributed by atoms with E-state index in [9.17, 15) is 9.59 Å². The molecule has 5 nitrogen and oxygen atoms in total. The number of ketones is 1. The molecule has 33 heavy (non-hydrogen) atoms. The molecule has 5 rings (SSSR count). The van der Waals surface area contributed by atoms with Crippen LogP contribution >= 0.6 is 0 Å². The Morgan fingerprint density at radius 2 is 1.70 bits per heavy atom. The van der Waals surface area contributed by atoms with Gasteiger partial charge in [0, 0.05) is 11.5 Å². The van der Waals surface area contributed by atoms with Crippen LogP contribution in [0.1, 0.15) is 52.8 Å². The molecule has 0 radical (unpaired) electrons. The number of ether oxygens (including phenoxy) is 2. The maximum Gasteiger partial charge on any atom is 0.379 e. The van der Waals surface area contributed by atoms with Crippen LogP contribution in [0.5, 0.6) is 11.5 Å². The second kappa shape index (κ2) is 7.78. The van der Waals surface area contributed by atoms with E-state index in [1.807, 2.05) is 30.3 Å². The fourth-order valence-corrected chi connectivity index (χ4v) is 3.70. The number of para-hydroxylation sites is 1. The summed E-state index contributed by atoms with van der Waals surface area (Å²) in [4.78, 5) is 25.3. The minimum Gasteiger partial charge on any atom is -0.452 e. The summed E-state index contributed by atoms with van der Waals surface area (Å²) in [5.41, 5.74) is 3.17. The average Bonchev–Trinajstić information content (AvgIpc) is 3.35. The van der Waals surface area contributed by atoms with Crippen LogP contribution in [0.2, 0.25) is 0 Å². The van der Waals surface area contributed by atoms with E-state index in [1.54, 1.807) is 30.3 Å². The van der Waals surface area contributed by atoms with E-state index in [2.05, 4.69) is 32.9 Å². The molecule has 1 aliphatic heterocycles. The first-order valence-electron chi connectivity index (χ1n) is 10.7. The van der Waals surface area contributed by atoms with Crippen molar-refractivity contribution in [1.29, 1.82) is 0 Å². The first-order valence-corrected chi connectivity index (χ1v) is 10.7. The average molecular weight is 438 g/mol. The Labute approximate surface area is 191 Å². The molecule has 3 aromatic carbocycles. The highest BCUT2D eigenvalue weighted by atomic mass is 16.5. The molecule has 0 amide bonds. The van der Waals surface area contributed by atoms with Gasteiger partial charge in [-0.2, -0.15) is 0 Å². The Morgan fingerprint density at radius 1 is 0.939 bits per heavy atom. The molecule has 0 unspecified atom stereocenters. The summed E-state index contributed by atoms with van der Waals surface area (Å²) in [6.45, 7) is 6.46. The van der Waals surface area contributed by atoms with Gasteiger partial charge in [-0.15, -0.1) is 0 Å². The summed E-state index contributed by atoms with van der Waals surface area (Å²) in [5, 5.41) is 0.817. The minimum atomic E-state index is -0.620. The number of fused-ring (bicyclic) bond motifs is 2. The molecular weight excluding hydrogens is 416 g/mol. The molecule has 0 aliphatic carbocycles. The van der Waals surface area contributed by atoms with Crippen molar-refractivity contribution in [3.8, 4) is 11.5 Å². The van der Waals surface area contributed by atoms with Gasteiger partial charge >= 0.3 is 5.97 Å². The predicted molar refractivity (Wildman–Crippen MR) is 126 cm³/mol. The van der Waals surface area contributed by atoms with Crippen LogP contribution in [0.4, 0.5) is 0 Å². The van der Waals surface area contributed by atoms with Crippen molar-refractivity contribution in [2.24, 2.45) is 0 Å². The lowest BCUT2D eigenvalue weighted by atomic mass is 9.86. The smallest absolute Gasteiger partial charge is 0.379 e. The number of benzene rings is 3. The maximum absolute atomic E-state index is 12.8. The van der Waals surface area contributed by atoms with E-state index < -0.39 is 5.97 Å². The number of esters is 1. The Balaban J connectivity index is 1.34. The lowest BCUT2D eigenvalue weighted by molar-refractivity contribution is 0.0703. The fraction of sp³-hybridized carbons (Fsp3) is 0.143. The zero-order valence-corrected chi connectivity index (χ0v) is 18.5. The molecule has 0 saturated carbocycles. The Morgan fingerprint density at radius 3 is 2.42 bits per heavy atom. The van der Waals surface area contributed by atoms with Gasteiger partial charge in [0.05, 0.1) is 5.56 Å². The number of carbonyl (C=O) groups is 2. The van der Waals surface area contributed by atoms with Crippen molar-refractivity contribution in [1.82, 2.24) is 0 Å².